The van der Waals surface area contributed by atoms with Gasteiger partial charge in [0.15, 0.2) is 0 Å². The molecule has 0 saturated heterocycles. The van der Waals surface area contributed by atoms with Crippen LogP contribution in [-0.2, 0) is 12.8 Å². The lowest BCUT2D eigenvalue weighted by Crippen LogP contribution is -2.00. The van der Waals surface area contributed by atoms with Gasteiger partial charge in [-0.25, -0.2) is 9.97 Å². The van der Waals surface area contributed by atoms with Gasteiger partial charge in [0.25, 0.3) is 0 Å². The summed E-state index contributed by atoms with van der Waals surface area (Å²) in [5.41, 5.74) is 8.81. The molecular weight excluding hydrogens is 198 g/mol. The molecule has 2 N–H and O–H groups in total. The molecule has 0 amide bonds. The lowest BCUT2D eigenvalue weighted by atomic mass is 10.0. The SMILES string of the molecule is Cc1ccccc1CCc1ncc(N)cn1. The van der Waals surface area contributed by atoms with E-state index in [4.69, 9.17) is 5.73 Å². The minimum Gasteiger partial charge on any atom is -0.396 e. The summed E-state index contributed by atoms with van der Waals surface area (Å²) in [5, 5.41) is 0. The first kappa shape index (κ1) is 10.6. The Morgan fingerprint density at radius 3 is 2.44 bits per heavy atom. The van der Waals surface area contributed by atoms with Crippen LogP contribution in [0.3, 0.4) is 0 Å². The highest BCUT2D eigenvalue weighted by Gasteiger charge is 2.00. The van der Waals surface area contributed by atoms with Crippen LogP contribution >= 0.6 is 0 Å². The van der Waals surface area contributed by atoms with Crippen molar-refractivity contribution >= 4 is 5.69 Å². The minimum absolute atomic E-state index is 0.611. The van der Waals surface area contributed by atoms with Crippen molar-refractivity contribution in [3.05, 3.63) is 53.6 Å². The van der Waals surface area contributed by atoms with Gasteiger partial charge >= 0.3 is 0 Å². The number of aromatic nitrogens is 2. The molecule has 0 aliphatic rings. The van der Waals surface area contributed by atoms with Crippen LogP contribution in [0.2, 0.25) is 0 Å². The number of benzene rings is 1. The van der Waals surface area contributed by atoms with Crippen LogP contribution in [0.5, 0.6) is 0 Å². The topological polar surface area (TPSA) is 51.8 Å². The number of hydrogen-bond donors (Lipinski definition) is 1. The quantitative estimate of drug-likeness (QED) is 0.850. The summed E-state index contributed by atoms with van der Waals surface area (Å²) < 4.78 is 0. The number of nitrogens with two attached hydrogens (primary N) is 1. The maximum Gasteiger partial charge on any atom is 0.128 e. The second-order valence-corrected chi connectivity index (χ2v) is 3.86. The first-order valence-electron chi connectivity index (χ1n) is 5.36. The number of aryl methyl sites for hydroxylation is 3. The molecular formula is C13H15N3. The highest BCUT2D eigenvalue weighted by molar-refractivity contribution is 5.30. The van der Waals surface area contributed by atoms with Crippen LogP contribution < -0.4 is 5.73 Å². The zero-order valence-electron chi connectivity index (χ0n) is 9.35. The van der Waals surface area contributed by atoms with Crippen molar-refractivity contribution in [3.63, 3.8) is 0 Å². The molecule has 0 radical (unpaired) electrons. The Balaban J connectivity index is 2.02. The summed E-state index contributed by atoms with van der Waals surface area (Å²) in [4.78, 5) is 8.37. The molecule has 2 rings (SSSR count). The third-order valence-electron chi connectivity index (χ3n) is 2.60. The Hall–Kier alpha value is -1.90. The molecule has 0 bridgehead atoms. The van der Waals surface area contributed by atoms with Crippen molar-refractivity contribution < 1.29 is 0 Å². The molecule has 3 nitrogen and oxygen atoms in total. The van der Waals surface area contributed by atoms with E-state index >= 15 is 0 Å². The average Bonchev–Trinajstić information content (AvgIpc) is 2.30. The molecule has 16 heavy (non-hydrogen) atoms. The molecule has 2 aromatic rings. The number of rotatable bonds is 3. The van der Waals surface area contributed by atoms with E-state index in [9.17, 15) is 0 Å². The van der Waals surface area contributed by atoms with E-state index in [1.807, 2.05) is 0 Å². The predicted octanol–water partition coefficient (Wildman–Crippen LogP) is 2.15. The zero-order valence-corrected chi connectivity index (χ0v) is 9.35. The molecule has 3 heteroatoms. The second-order valence-electron chi connectivity index (χ2n) is 3.86. The van der Waals surface area contributed by atoms with Crippen molar-refractivity contribution in [2.24, 2.45) is 0 Å². The zero-order chi connectivity index (χ0) is 11.4. The van der Waals surface area contributed by atoms with Gasteiger partial charge in [-0.2, -0.15) is 0 Å². The summed E-state index contributed by atoms with van der Waals surface area (Å²) in [6, 6.07) is 8.39. The smallest absolute Gasteiger partial charge is 0.128 e. The fourth-order valence-electron chi connectivity index (χ4n) is 1.63. The van der Waals surface area contributed by atoms with E-state index in [0.29, 0.717) is 5.69 Å². The number of nitrogen functional groups attached to an aromatic ring is 1. The molecule has 0 aliphatic heterocycles. The van der Waals surface area contributed by atoms with Gasteiger partial charge in [-0.1, -0.05) is 24.3 Å². The fourth-order valence-corrected chi connectivity index (χ4v) is 1.63. The molecule has 0 unspecified atom stereocenters. The molecule has 0 spiro atoms. The molecule has 1 aromatic carbocycles. The Bertz CT molecular complexity index is 463. The van der Waals surface area contributed by atoms with Gasteiger partial charge in [0.2, 0.25) is 0 Å². The van der Waals surface area contributed by atoms with Crippen molar-refractivity contribution in [1.29, 1.82) is 0 Å². The summed E-state index contributed by atoms with van der Waals surface area (Å²) in [5.74, 6) is 0.845. The molecule has 0 saturated carbocycles. The molecule has 0 aliphatic carbocycles. The first-order chi connectivity index (χ1) is 7.75. The van der Waals surface area contributed by atoms with Crippen molar-refractivity contribution in [2.45, 2.75) is 19.8 Å². The van der Waals surface area contributed by atoms with E-state index in [1.54, 1.807) is 12.4 Å². The number of nitrogens with zero attached hydrogens (tertiary/aromatic N) is 2. The van der Waals surface area contributed by atoms with E-state index < -0.39 is 0 Å². The summed E-state index contributed by atoms with van der Waals surface area (Å²) in [6.45, 7) is 2.12. The van der Waals surface area contributed by atoms with Gasteiger partial charge in [-0.3, -0.25) is 0 Å². The van der Waals surface area contributed by atoms with Gasteiger partial charge in [0, 0.05) is 6.42 Å². The Labute approximate surface area is 95.4 Å². The van der Waals surface area contributed by atoms with Crippen molar-refractivity contribution in [1.82, 2.24) is 9.97 Å². The van der Waals surface area contributed by atoms with Crippen molar-refractivity contribution in [3.8, 4) is 0 Å². The number of anilines is 1. The van der Waals surface area contributed by atoms with Gasteiger partial charge in [0.1, 0.15) is 5.82 Å². The molecule has 0 atom stereocenters. The highest BCUT2D eigenvalue weighted by Crippen LogP contribution is 2.09. The van der Waals surface area contributed by atoms with Gasteiger partial charge in [-0.05, 0) is 24.5 Å². The Kier molecular flexibility index (Phi) is 3.15. The third-order valence-corrected chi connectivity index (χ3v) is 2.60. The predicted molar refractivity (Wildman–Crippen MR) is 65.0 cm³/mol. The van der Waals surface area contributed by atoms with E-state index in [1.165, 1.54) is 11.1 Å². The lowest BCUT2D eigenvalue weighted by molar-refractivity contribution is 0.854. The van der Waals surface area contributed by atoms with Crippen LogP contribution in [0.15, 0.2) is 36.7 Å². The van der Waals surface area contributed by atoms with Gasteiger partial charge in [-0.15, -0.1) is 0 Å². The van der Waals surface area contributed by atoms with Crippen LogP contribution in [0.1, 0.15) is 17.0 Å². The maximum atomic E-state index is 5.53. The Morgan fingerprint density at radius 1 is 1.06 bits per heavy atom. The average molecular weight is 213 g/mol. The maximum absolute atomic E-state index is 5.53. The molecule has 82 valence electrons. The van der Waals surface area contributed by atoms with E-state index in [-0.39, 0.29) is 0 Å². The van der Waals surface area contributed by atoms with E-state index in [2.05, 4.69) is 41.2 Å². The number of hydrogen-bond acceptors (Lipinski definition) is 3. The van der Waals surface area contributed by atoms with Crippen LogP contribution in [0.25, 0.3) is 0 Å². The molecule has 0 fully saturated rings. The van der Waals surface area contributed by atoms with Crippen LogP contribution in [0, 0.1) is 6.92 Å². The monoisotopic (exact) mass is 213 g/mol. The largest absolute Gasteiger partial charge is 0.396 e. The standard InChI is InChI=1S/C13H15N3/c1-10-4-2-3-5-11(10)6-7-13-15-8-12(14)9-16-13/h2-5,8-9H,6-7,14H2,1H3. The third kappa shape index (κ3) is 2.57. The second kappa shape index (κ2) is 4.75. The first-order valence-corrected chi connectivity index (χ1v) is 5.36. The summed E-state index contributed by atoms with van der Waals surface area (Å²) in [6.07, 6.45) is 5.13. The Morgan fingerprint density at radius 2 is 1.75 bits per heavy atom. The minimum atomic E-state index is 0.611. The van der Waals surface area contributed by atoms with E-state index in [0.717, 1.165) is 18.7 Å². The van der Waals surface area contributed by atoms with Gasteiger partial charge in [0.05, 0.1) is 18.1 Å². The van der Waals surface area contributed by atoms with Crippen LogP contribution in [0.4, 0.5) is 5.69 Å². The summed E-state index contributed by atoms with van der Waals surface area (Å²) >= 11 is 0. The van der Waals surface area contributed by atoms with Gasteiger partial charge < -0.3 is 5.73 Å². The van der Waals surface area contributed by atoms with Crippen molar-refractivity contribution in [2.75, 3.05) is 5.73 Å². The lowest BCUT2D eigenvalue weighted by Gasteiger charge is -2.04. The normalized spacial score (nSPS) is 10.3. The molecule has 1 heterocycles. The molecule has 1 aromatic heterocycles. The van der Waals surface area contributed by atoms with Crippen LogP contribution in [-0.4, -0.2) is 9.97 Å². The fraction of sp³-hybridized carbons (Fsp3) is 0.231. The summed E-state index contributed by atoms with van der Waals surface area (Å²) in [7, 11) is 0. The highest BCUT2D eigenvalue weighted by atomic mass is 14.9.